The van der Waals surface area contributed by atoms with Gasteiger partial charge in [-0.25, -0.2) is 0 Å². The average Bonchev–Trinajstić information content (AvgIpc) is 2.36. The van der Waals surface area contributed by atoms with Crippen molar-refractivity contribution in [3.63, 3.8) is 0 Å². The van der Waals surface area contributed by atoms with Crippen molar-refractivity contribution in [2.75, 3.05) is 19.1 Å². The molecule has 0 radical (unpaired) electrons. The Kier molecular flexibility index (Phi) is 7.33. The lowest BCUT2D eigenvalue weighted by molar-refractivity contribution is 0.184. The van der Waals surface area contributed by atoms with Crippen molar-refractivity contribution < 1.29 is 4.74 Å². The minimum Gasteiger partial charge on any atom is -0.380 e. The number of hydrogen-bond donors (Lipinski definition) is 1. The van der Waals surface area contributed by atoms with Crippen LogP contribution in [0.4, 0.5) is 0 Å². The lowest BCUT2D eigenvalue weighted by Gasteiger charge is -2.17. The summed E-state index contributed by atoms with van der Waals surface area (Å²) in [7, 11) is 1.74. The summed E-state index contributed by atoms with van der Waals surface area (Å²) >= 11 is 1.90. The van der Waals surface area contributed by atoms with Gasteiger partial charge in [-0.15, -0.1) is 0 Å². The first-order chi connectivity index (χ1) is 8.31. The first-order valence-corrected chi connectivity index (χ1v) is 7.49. The molecule has 96 valence electrons. The van der Waals surface area contributed by atoms with Gasteiger partial charge in [-0.2, -0.15) is 11.8 Å². The fourth-order valence-corrected chi connectivity index (χ4v) is 2.56. The second-order valence-corrected chi connectivity index (χ2v) is 5.05. The summed E-state index contributed by atoms with van der Waals surface area (Å²) in [6.07, 6.45) is 3.33. The highest BCUT2D eigenvalue weighted by Crippen LogP contribution is 2.11. The van der Waals surface area contributed by atoms with Crippen LogP contribution in [0.1, 0.15) is 24.5 Å². The highest BCUT2D eigenvalue weighted by Gasteiger charge is 2.06. The number of nitrogens with one attached hydrogen (secondary N) is 1. The summed E-state index contributed by atoms with van der Waals surface area (Å²) in [6.45, 7) is 3.85. The predicted octanol–water partition coefficient (Wildman–Crippen LogP) is 3.06. The Morgan fingerprint density at radius 1 is 1.29 bits per heavy atom. The second-order valence-electron chi connectivity index (χ2n) is 4.14. The van der Waals surface area contributed by atoms with Crippen molar-refractivity contribution in [2.24, 2.45) is 0 Å². The Bertz CT molecular complexity index is 317. The van der Waals surface area contributed by atoms with E-state index in [2.05, 4.69) is 42.8 Å². The maximum Gasteiger partial charge on any atom is 0.0716 e. The predicted molar refractivity (Wildman–Crippen MR) is 76.5 cm³/mol. The van der Waals surface area contributed by atoms with E-state index in [0.29, 0.717) is 12.6 Å². The third kappa shape index (κ3) is 5.11. The molecule has 1 N–H and O–H groups in total. The van der Waals surface area contributed by atoms with Gasteiger partial charge in [0.25, 0.3) is 0 Å². The average molecular weight is 253 g/mol. The molecule has 0 saturated carbocycles. The van der Waals surface area contributed by atoms with Gasteiger partial charge < -0.3 is 10.1 Å². The van der Waals surface area contributed by atoms with Crippen LogP contribution in [-0.2, 0) is 17.9 Å². The van der Waals surface area contributed by atoms with Gasteiger partial charge in [-0.05, 0) is 23.8 Å². The molecule has 0 aliphatic carbocycles. The van der Waals surface area contributed by atoms with Crippen LogP contribution in [0.2, 0.25) is 0 Å². The third-order valence-corrected chi connectivity index (χ3v) is 3.60. The van der Waals surface area contributed by atoms with Crippen LogP contribution >= 0.6 is 11.8 Å². The maximum atomic E-state index is 5.22. The molecular weight excluding hydrogens is 230 g/mol. The lowest BCUT2D eigenvalue weighted by atomic mass is 10.1. The van der Waals surface area contributed by atoms with E-state index in [0.717, 1.165) is 6.54 Å². The molecule has 0 amide bonds. The smallest absolute Gasteiger partial charge is 0.0716 e. The van der Waals surface area contributed by atoms with E-state index in [-0.39, 0.29) is 0 Å². The summed E-state index contributed by atoms with van der Waals surface area (Å²) in [4.78, 5) is 0. The minimum atomic E-state index is 0.598. The monoisotopic (exact) mass is 253 g/mol. The zero-order valence-electron chi connectivity index (χ0n) is 11.0. The summed E-state index contributed by atoms with van der Waals surface area (Å²) in [6, 6.07) is 9.06. The molecule has 0 aliphatic heterocycles. The molecule has 0 heterocycles. The molecular formula is C14H23NOS. The van der Waals surface area contributed by atoms with Crippen LogP contribution in [0.25, 0.3) is 0 Å². The number of hydrogen-bond acceptors (Lipinski definition) is 3. The van der Waals surface area contributed by atoms with Gasteiger partial charge in [0.15, 0.2) is 0 Å². The van der Waals surface area contributed by atoms with Crippen molar-refractivity contribution in [1.29, 1.82) is 0 Å². The standard InChI is InChI=1S/C14H23NOS/c1-4-14(11-17-3)15-9-12-7-5-6-8-13(12)10-16-2/h5-8,14-15H,4,9-11H2,1-3H3. The van der Waals surface area contributed by atoms with Crippen molar-refractivity contribution in [3.05, 3.63) is 35.4 Å². The normalized spacial score (nSPS) is 12.6. The fraction of sp³-hybridized carbons (Fsp3) is 0.571. The van der Waals surface area contributed by atoms with E-state index in [1.165, 1.54) is 23.3 Å². The van der Waals surface area contributed by atoms with Gasteiger partial charge in [-0.3, -0.25) is 0 Å². The van der Waals surface area contributed by atoms with Crippen molar-refractivity contribution >= 4 is 11.8 Å². The molecule has 1 rings (SSSR count). The van der Waals surface area contributed by atoms with Crippen molar-refractivity contribution in [3.8, 4) is 0 Å². The van der Waals surface area contributed by atoms with E-state index in [1.807, 2.05) is 11.8 Å². The first kappa shape index (κ1) is 14.6. The molecule has 0 aromatic heterocycles. The van der Waals surface area contributed by atoms with Gasteiger partial charge in [-0.1, -0.05) is 31.2 Å². The van der Waals surface area contributed by atoms with E-state index in [1.54, 1.807) is 7.11 Å². The molecule has 17 heavy (non-hydrogen) atoms. The molecule has 3 heteroatoms. The summed E-state index contributed by atoms with van der Waals surface area (Å²) in [5.41, 5.74) is 2.62. The number of methoxy groups -OCH3 is 1. The van der Waals surface area contributed by atoms with Crippen molar-refractivity contribution in [2.45, 2.75) is 32.5 Å². The number of ether oxygens (including phenoxy) is 1. The van der Waals surface area contributed by atoms with E-state index in [9.17, 15) is 0 Å². The number of benzene rings is 1. The Hall–Kier alpha value is -0.510. The van der Waals surface area contributed by atoms with E-state index in [4.69, 9.17) is 4.74 Å². The lowest BCUT2D eigenvalue weighted by Crippen LogP contribution is -2.30. The maximum absolute atomic E-state index is 5.22. The Labute approximate surface area is 109 Å². The molecule has 1 aromatic carbocycles. The number of thioether (sulfide) groups is 1. The molecule has 0 saturated heterocycles. The van der Waals surface area contributed by atoms with E-state index < -0.39 is 0 Å². The molecule has 0 spiro atoms. The quantitative estimate of drug-likeness (QED) is 0.769. The first-order valence-electron chi connectivity index (χ1n) is 6.09. The molecule has 1 aromatic rings. The van der Waals surface area contributed by atoms with Crippen LogP contribution in [0.5, 0.6) is 0 Å². The Morgan fingerprint density at radius 3 is 2.59 bits per heavy atom. The molecule has 2 nitrogen and oxygen atoms in total. The number of rotatable bonds is 8. The Morgan fingerprint density at radius 2 is 2.00 bits per heavy atom. The largest absolute Gasteiger partial charge is 0.380 e. The van der Waals surface area contributed by atoms with Gasteiger partial charge in [0.1, 0.15) is 0 Å². The summed E-state index contributed by atoms with van der Waals surface area (Å²) in [5.74, 6) is 1.17. The third-order valence-electron chi connectivity index (χ3n) is 2.86. The summed E-state index contributed by atoms with van der Waals surface area (Å²) in [5, 5.41) is 3.61. The van der Waals surface area contributed by atoms with Crippen LogP contribution in [-0.4, -0.2) is 25.2 Å². The second kappa shape index (κ2) is 8.56. The molecule has 1 atom stereocenters. The fourth-order valence-electron chi connectivity index (χ4n) is 1.80. The van der Waals surface area contributed by atoms with Crippen LogP contribution < -0.4 is 5.32 Å². The Balaban J connectivity index is 2.55. The SMILES string of the molecule is CCC(CSC)NCc1ccccc1COC. The molecule has 0 aliphatic rings. The molecule has 1 unspecified atom stereocenters. The van der Waals surface area contributed by atoms with Gasteiger partial charge in [0, 0.05) is 25.4 Å². The zero-order chi connectivity index (χ0) is 12.5. The van der Waals surface area contributed by atoms with Crippen molar-refractivity contribution in [1.82, 2.24) is 5.32 Å². The zero-order valence-corrected chi connectivity index (χ0v) is 11.8. The van der Waals surface area contributed by atoms with Crippen LogP contribution in [0.3, 0.4) is 0 Å². The summed E-state index contributed by atoms with van der Waals surface area (Å²) < 4.78 is 5.22. The van der Waals surface area contributed by atoms with E-state index >= 15 is 0 Å². The van der Waals surface area contributed by atoms with Crippen LogP contribution in [0.15, 0.2) is 24.3 Å². The van der Waals surface area contributed by atoms with Gasteiger partial charge >= 0.3 is 0 Å². The topological polar surface area (TPSA) is 21.3 Å². The molecule has 0 bridgehead atoms. The van der Waals surface area contributed by atoms with Gasteiger partial charge in [0.2, 0.25) is 0 Å². The highest BCUT2D eigenvalue weighted by atomic mass is 32.2. The highest BCUT2D eigenvalue weighted by molar-refractivity contribution is 7.98. The molecule has 0 fully saturated rings. The minimum absolute atomic E-state index is 0.598. The van der Waals surface area contributed by atoms with Crippen LogP contribution in [0, 0.1) is 0 Å². The van der Waals surface area contributed by atoms with Gasteiger partial charge in [0.05, 0.1) is 6.61 Å².